The number of rotatable bonds is 6. The van der Waals surface area contributed by atoms with Crippen molar-refractivity contribution in [1.29, 1.82) is 0 Å². The zero-order valence-corrected chi connectivity index (χ0v) is 24.0. The Morgan fingerprint density at radius 2 is 1.93 bits per heavy atom. The van der Waals surface area contributed by atoms with Gasteiger partial charge in [-0.2, -0.15) is 5.10 Å². The minimum Gasteiger partial charge on any atom is -0.497 e. The molecule has 2 N–H and O–H groups in total. The number of hydrogen-bond donors (Lipinski definition) is 2. The molecule has 7 nitrogen and oxygen atoms in total. The molecule has 0 radical (unpaired) electrons. The van der Waals surface area contributed by atoms with E-state index in [2.05, 4.69) is 53.0 Å². The molecule has 5 rings (SSSR count). The van der Waals surface area contributed by atoms with Gasteiger partial charge in [-0.15, -0.1) is 0 Å². The molecule has 1 atom stereocenters. The highest BCUT2D eigenvalue weighted by Crippen LogP contribution is 2.47. The number of ether oxygens (including phenoxy) is 1. The number of amides is 1. The maximum absolute atomic E-state index is 14.0. The Kier molecular flexibility index (Phi) is 8.75. The van der Waals surface area contributed by atoms with Crippen molar-refractivity contribution in [3.8, 4) is 11.8 Å². The molecule has 3 aliphatic carbocycles. The second-order valence-electron chi connectivity index (χ2n) is 12.2. The van der Waals surface area contributed by atoms with Gasteiger partial charge < -0.3 is 14.7 Å². The van der Waals surface area contributed by atoms with Gasteiger partial charge in [-0.3, -0.25) is 9.89 Å². The van der Waals surface area contributed by atoms with Crippen LogP contribution < -0.4 is 4.90 Å². The average molecular weight is 543 g/mol. The van der Waals surface area contributed by atoms with Crippen LogP contribution in [0.3, 0.4) is 0 Å². The Morgan fingerprint density at radius 1 is 1.15 bits per heavy atom. The molecule has 7 heteroatoms. The van der Waals surface area contributed by atoms with Gasteiger partial charge in [-0.25, -0.2) is 4.98 Å². The molecule has 1 aromatic heterocycles. The van der Waals surface area contributed by atoms with Crippen molar-refractivity contribution in [2.75, 3.05) is 18.6 Å². The fourth-order valence-corrected chi connectivity index (χ4v) is 6.93. The SMILES string of the molecule is COC1=C(C)CC(C)(C2CCC(CN(C(=O)C3CCC(O)CC3)c3cccc(C#Cc4ncn[nH]4)c3)CC2)C=C1. The van der Waals surface area contributed by atoms with Crippen LogP contribution >= 0.6 is 0 Å². The largest absolute Gasteiger partial charge is 0.497 e. The van der Waals surface area contributed by atoms with E-state index >= 15 is 0 Å². The first-order valence-electron chi connectivity index (χ1n) is 14.7. The number of aromatic nitrogens is 3. The van der Waals surface area contributed by atoms with Crippen LogP contribution in [0.1, 0.15) is 83.0 Å². The molecule has 0 spiro atoms. The predicted octanol–water partition coefficient (Wildman–Crippen LogP) is 5.78. The van der Waals surface area contributed by atoms with E-state index in [-0.39, 0.29) is 23.3 Å². The lowest BCUT2D eigenvalue weighted by Crippen LogP contribution is -2.42. The van der Waals surface area contributed by atoms with E-state index in [1.807, 2.05) is 29.2 Å². The number of carbonyl (C=O) groups excluding carboxylic acids is 1. The third-order valence-electron chi connectivity index (χ3n) is 9.33. The Bertz CT molecular complexity index is 1290. The number of methoxy groups -OCH3 is 1. The van der Waals surface area contributed by atoms with Crippen LogP contribution in [0.4, 0.5) is 5.69 Å². The molecule has 212 valence electrons. The van der Waals surface area contributed by atoms with Gasteiger partial charge in [0.15, 0.2) is 0 Å². The standard InChI is InChI=1S/C33H42N4O3/c1-23-20-33(2,18-17-30(23)40-3)27-12-7-25(8-13-27)21-37(32(39)26-10-14-29(38)15-11-26)28-6-4-5-24(19-28)9-16-31-34-22-35-36-31/h4-6,17-19,22,25-27,29,38H,7-8,10-15,20-21H2,1-3H3,(H,34,35,36). The van der Waals surface area contributed by atoms with Crippen LogP contribution in [-0.4, -0.2) is 46.0 Å². The van der Waals surface area contributed by atoms with Crippen molar-refractivity contribution in [3.05, 3.63) is 65.5 Å². The molecule has 2 aromatic rings. The van der Waals surface area contributed by atoms with Gasteiger partial charge >= 0.3 is 0 Å². The average Bonchev–Trinajstić information content (AvgIpc) is 3.49. The highest BCUT2D eigenvalue weighted by atomic mass is 16.5. The quantitative estimate of drug-likeness (QED) is 0.452. The van der Waals surface area contributed by atoms with Crippen LogP contribution in [0.5, 0.6) is 0 Å². The number of benzene rings is 1. The van der Waals surface area contributed by atoms with Crippen molar-refractivity contribution in [2.45, 2.75) is 77.7 Å². The maximum atomic E-state index is 14.0. The molecule has 2 saturated carbocycles. The topological polar surface area (TPSA) is 91.3 Å². The molecule has 0 aliphatic heterocycles. The smallest absolute Gasteiger partial charge is 0.230 e. The molecule has 3 aliphatic rings. The molecule has 0 bridgehead atoms. The summed E-state index contributed by atoms with van der Waals surface area (Å²) in [6.07, 6.45) is 14.2. The monoisotopic (exact) mass is 542 g/mol. The summed E-state index contributed by atoms with van der Waals surface area (Å²) in [7, 11) is 1.75. The van der Waals surface area contributed by atoms with Gasteiger partial charge in [0.2, 0.25) is 11.7 Å². The van der Waals surface area contributed by atoms with E-state index in [9.17, 15) is 9.90 Å². The summed E-state index contributed by atoms with van der Waals surface area (Å²) in [6.45, 7) is 5.30. The van der Waals surface area contributed by atoms with Crippen LogP contribution in [0, 0.1) is 35.0 Å². The minimum absolute atomic E-state index is 0.0419. The first kappa shape index (κ1) is 28.2. The summed E-state index contributed by atoms with van der Waals surface area (Å²) in [4.78, 5) is 20.1. The number of aromatic amines is 1. The van der Waals surface area contributed by atoms with E-state index in [1.54, 1.807) is 7.11 Å². The number of aliphatic hydroxyl groups excluding tert-OH is 1. The molecule has 40 heavy (non-hydrogen) atoms. The molecule has 0 saturated heterocycles. The second-order valence-corrected chi connectivity index (χ2v) is 12.2. The molecule has 1 aromatic carbocycles. The Balaban J connectivity index is 1.30. The maximum Gasteiger partial charge on any atom is 0.230 e. The van der Waals surface area contributed by atoms with Crippen LogP contribution in [0.15, 0.2) is 54.1 Å². The summed E-state index contributed by atoms with van der Waals surface area (Å²) in [6, 6.07) is 7.97. The minimum atomic E-state index is -0.281. The van der Waals surface area contributed by atoms with Gasteiger partial charge in [0.05, 0.1) is 13.2 Å². The van der Waals surface area contributed by atoms with E-state index in [4.69, 9.17) is 4.74 Å². The lowest BCUT2D eigenvalue weighted by atomic mass is 9.64. The first-order chi connectivity index (χ1) is 19.3. The Morgan fingerprint density at radius 3 is 2.60 bits per heavy atom. The fourth-order valence-electron chi connectivity index (χ4n) is 6.93. The van der Waals surface area contributed by atoms with Gasteiger partial charge in [-0.05, 0) is 118 Å². The van der Waals surface area contributed by atoms with E-state index in [0.717, 1.165) is 55.7 Å². The number of nitrogens with zero attached hydrogens (tertiary/aromatic N) is 3. The van der Waals surface area contributed by atoms with Crippen LogP contribution in [0.25, 0.3) is 0 Å². The number of carbonyl (C=O) groups is 1. The fraction of sp³-hybridized carbons (Fsp3) is 0.545. The normalized spacial score (nSPS) is 28.5. The van der Waals surface area contributed by atoms with Crippen LogP contribution in [-0.2, 0) is 9.53 Å². The summed E-state index contributed by atoms with van der Waals surface area (Å²) in [5, 5.41) is 16.7. The summed E-state index contributed by atoms with van der Waals surface area (Å²) < 4.78 is 5.53. The third kappa shape index (κ3) is 6.50. The van der Waals surface area contributed by atoms with E-state index in [0.29, 0.717) is 30.5 Å². The predicted molar refractivity (Wildman–Crippen MR) is 156 cm³/mol. The Hall–Kier alpha value is -3.37. The van der Waals surface area contributed by atoms with Gasteiger partial charge in [0.1, 0.15) is 12.1 Å². The van der Waals surface area contributed by atoms with E-state index < -0.39 is 0 Å². The number of hydrogen-bond acceptors (Lipinski definition) is 5. The van der Waals surface area contributed by atoms with Crippen molar-refractivity contribution < 1.29 is 14.6 Å². The number of aliphatic hydroxyl groups is 1. The molecule has 1 amide bonds. The summed E-state index contributed by atoms with van der Waals surface area (Å²) in [5.41, 5.74) is 3.23. The summed E-state index contributed by atoms with van der Waals surface area (Å²) >= 11 is 0. The zero-order chi connectivity index (χ0) is 28.1. The molecule has 1 unspecified atom stereocenters. The van der Waals surface area contributed by atoms with E-state index in [1.165, 1.54) is 24.7 Å². The Labute approximate surface area is 238 Å². The summed E-state index contributed by atoms with van der Waals surface area (Å²) in [5.74, 6) is 8.91. The lowest BCUT2D eigenvalue weighted by molar-refractivity contribution is -0.124. The molecular weight excluding hydrogens is 500 g/mol. The van der Waals surface area contributed by atoms with Crippen molar-refractivity contribution in [3.63, 3.8) is 0 Å². The van der Waals surface area contributed by atoms with Crippen LogP contribution in [0.2, 0.25) is 0 Å². The van der Waals surface area contributed by atoms with Gasteiger partial charge in [-0.1, -0.05) is 25.0 Å². The third-order valence-corrected chi connectivity index (χ3v) is 9.33. The van der Waals surface area contributed by atoms with Crippen molar-refractivity contribution in [2.24, 2.45) is 23.2 Å². The highest BCUT2D eigenvalue weighted by Gasteiger charge is 2.38. The van der Waals surface area contributed by atoms with Crippen molar-refractivity contribution >= 4 is 11.6 Å². The van der Waals surface area contributed by atoms with Gasteiger partial charge in [0.25, 0.3) is 0 Å². The number of anilines is 1. The number of H-pyrrole nitrogens is 1. The first-order valence-corrected chi connectivity index (χ1v) is 14.7. The molecule has 2 fully saturated rings. The highest BCUT2D eigenvalue weighted by molar-refractivity contribution is 5.95. The molecular formula is C33H42N4O3. The number of nitrogens with one attached hydrogen (secondary N) is 1. The zero-order valence-electron chi connectivity index (χ0n) is 24.0. The van der Waals surface area contributed by atoms with Gasteiger partial charge in [0, 0.05) is 23.7 Å². The second kappa shape index (κ2) is 12.4. The number of allylic oxidation sites excluding steroid dienone is 3. The molecule has 1 heterocycles. The van der Waals surface area contributed by atoms with Crippen molar-refractivity contribution in [1.82, 2.24) is 15.2 Å². The lowest BCUT2D eigenvalue weighted by Gasteiger charge is -2.43.